The second kappa shape index (κ2) is 8.33. The highest BCUT2D eigenvalue weighted by molar-refractivity contribution is 5.74. The van der Waals surface area contributed by atoms with E-state index in [2.05, 4.69) is 22.5 Å². The summed E-state index contributed by atoms with van der Waals surface area (Å²) in [6.45, 7) is 0.605. The number of urea groups is 1. The van der Waals surface area contributed by atoms with Crippen molar-refractivity contribution in [2.45, 2.75) is 44.7 Å². The SMILES string of the molecule is O=C(NCc1ccc(C#CCCO)cc1)NC1CCCC1. The Kier molecular flexibility index (Phi) is 6.11. The van der Waals surface area contributed by atoms with Gasteiger partial charge in [-0.25, -0.2) is 4.79 Å². The third-order valence-corrected chi connectivity index (χ3v) is 3.57. The van der Waals surface area contributed by atoms with Crippen LogP contribution in [0.25, 0.3) is 0 Å². The van der Waals surface area contributed by atoms with Gasteiger partial charge in [0.05, 0.1) is 6.61 Å². The summed E-state index contributed by atoms with van der Waals surface area (Å²) in [6.07, 6.45) is 5.10. The second-order valence-corrected chi connectivity index (χ2v) is 5.28. The van der Waals surface area contributed by atoms with Crippen molar-refractivity contribution in [3.8, 4) is 11.8 Å². The van der Waals surface area contributed by atoms with Crippen molar-refractivity contribution >= 4 is 6.03 Å². The maximum absolute atomic E-state index is 11.7. The van der Waals surface area contributed by atoms with Gasteiger partial charge >= 0.3 is 6.03 Å². The van der Waals surface area contributed by atoms with Crippen molar-refractivity contribution in [2.24, 2.45) is 0 Å². The Morgan fingerprint density at radius 1 is 1.24 bits per heavy atom. The first-order valence-electron chi connectivity index (χ1n) is 7.51. The van der Waals surface area contributed by atoms with E-state index < -0.39 is 0 Å². The molecule has 0 unspecified atom stereocenters. The lowest BCUT2D eigenvalue weighted by Crippen LogP contribution is -2.40. The number of aliphatic hydroxyl groups is 1. The van der Waals surface area contributed by atoms with Gasteiger partial charge in [-0.15, -0.1) is 0 Å². The molecule has 0 radical (unpaired) electrons. The standard InChI is InChI=1S/C17H22N2O2/c20-12-4-3-5-14-8-10-15(11-9-14)13-18-17(21)19-16-6-1-2-7-16/h8-11,16,20H,1-2,4,6-7,12-13H2,(H2,18,19,21). The van der Waals surface area contributed by atoms with E-state index in [9.17, 15) is 4.79 Å². The minimum Gasteiger partial charge on any atom is -0.395 e. The third-order valence-electron chi connectivity index (χ3n) is 3.57. The van der Waals surface area contributed by atoms with Crippen LogP contribution >= 0.6 is 0 Å². The number of rotatable bonds is 4. The average Bonchev–Trinajstić information content (AvgIpc) is 2.99. The molecule has 1 fully saturated rings. The molecular weight excluding hydrogens is 264 g/mol. The van der Waals surface area contributed by atoms with Crippen LogP contribution in [0.15, 0.2) is 24.3 Å². The zero-order valence-corrected chi connectivity index (χ0v) is 12.2. The lowest BCUT2D eigenvalue weighted by molar-refractivity contribution is 0.236. The summed E-state index contributed by atoms with van der Waals surface area (Å²) in [5, 5.41) is 14.5. The normalized spacial score (nSPS) is 14.3. The average molecular weight is 286 g/mol. The van der Waals surface area contributed by atoms with E-state index in [1.54, 1.807) is 0 Å². The summed E-state index contributed by atoms with van der Waals surface area (Å²) < 4.78 is 0. The van der Waals surface area contributed by atoms with Crippen molar-refractivity contribution in [1.29, 1.82) is 0 Å². The molecule has 0 spiro atoms. The van der Waals surface area contributed by atoms with E-state index in [4.69, 9.17) is 5.11 Å². The van der Waals surface area contributed by atoms with E-state index in [-0.39, 0.29) is 12.6 Å². The van der Waals surface area contributed by atoms with Crippen LogP contribution in [0, 0.1) is 11.8 Å². The summed E-state index contributed by atoms with van der Waals surface area (Å²) in [7, 11) is 0. The highest BCUT2D eigenvalue weighted by Gasteiger charge is 2.16. The maximum atomic E-state index is 11.7. The number of carbonyl (C=O) groups excluding carboxylic acids is 1. The van der Waals surface area contributed by atoms with Crippen molar-refractivity contribution in [3.05, 3.63) is 35.4 Å². The summed E-state index contributed by atoms with van der Waals surface area (Å²) in [5.74, 6) is 5.86. The number of hydrogen-bond donors (Lipinski definition) is 3. The minimum absolute atomic E-state index is 0.0884. The fraction of sp³-hybridized carbons (Fsp3) is 0.471. The smallest absolute Gasteiger partial charge is 0.315 e. The number of hydrogen-bond acceptors (Lipinski definition) is 2. The van der Waals surface area contributed by atoms with Gasteiger partial charge in [0.2, 0.25) is 0 Å². The summed E-state index contributed by atoms with van der Waals surface area (Å²) in [6, 6.07) is 8.02. The molecule has 0 saturated heterocycles. The summed E-state index contributed by atoms with van der Waals surface area (Å²) in [4.78, 5) is 11.7. The van der Waals surface area contributed by atoms with Gasteiger partial charge in [0, 0.05) is 24.6 Å². The van der Waals surface area contributed by atoms with E-state index in [1.807, 2.05) is 24.3 Å². The molecule has 112 valence electrons. The van der Waals surface area contributed by atoms with Gasteiger partial charge in [-0.3, -0.25) is 0 Å². The quantitative estimate of drug-likeness (QED) is 0.743. The zero-order chi connectivity index (χ0) is 14.9. The lowest BCUT2D eigenvalue weighted by Gasteiger charge is -2.12. The first-order valence-corrected chi connectivity index (χ1v) is 7.51. The molecule has 0 bridgehead atoms. The highest BCUT2D eigenvalue weighted by Crippen LogP contribution is 2.17. The van der Waals surface area contributed by atoms with E-state index in [0.29, 0.717) is 19.0 Å². The van der Waals surface area contributed by atoms with Crippen LogP contribution in [0.1, 0.15) is 43.2 Å². The van der Waals surface area contributed by atoms with Crippen LogP contribution in [0.2, 0.25) is 0 Å². The monoisotopic (exact) mass is 286 g/mol. The Morgan fingerprint density at radius 2 is 1.95 bits per heavy atom. The van der Waals surface area contributed by atoms with Crippen LogP contribution in [-0.2, 0) is 6.54 Å². The molecule has 1 aromatic rings. The van der Waals surface area contributed by atoms with Crippen LogP contribution in [-0.4, -0.2) is 23.8 Å². The topological polar surface area (TPSA) is 61.4 Å². The molecule has 21 heavy (non-hydrogen) atoms. The Morgan fingerprint density at radius 3 is 2.62 bits per heavy atom. The largest absolute Gasteiger partial charge is 0.395 e. The van der Waals surface area contributed by atoms with Crippen molar-refractivity contribution in [2.75, 3.05) is 6.61 Å². The van der Waals surface area contributed by atoms with E-state index in [0.717, 1.165) is 24.0 Å². The Bertz CT molecular complexity index is 508. The van der Waals surface area contributed by atoms with Gasteiger partial charge in [-0.1, -0.05) is 36.8 Å². The van der Waals surface area contributed by atoms with Gasteiger partial charge in [0.25, 0.3) is 0 Å². The number of benzene rings is 1. The Hall–Kier alpha value is -1.99. The van der Waals surface area contributed by atoms with Crippen LogP contribution in [0.3, 0.4) is 0 Å². The van der Waals surface area contributed by atoms with Crippen LogP contribution in [0.5, 0.6) is 0 Å². The van der Waals surface area contributed by atoms with Crippen molar-refractivity contribution in [3.63, 3.8) is 0 Å². The lowest BCUT2D eigenvalue weighted by atomic mass is 10.1. The molecular formula is C17H22N2O2. The Labute approximate surface area is 125 Å². The molecule has 0 aliphatic heterocycles. The third kappa shape index (κ3) is 5.49. The zero-order valence-electron chi connectivity index (χ0n) is 12.2. The van der Waals surface area contributed by atoms with Gasteiger partial charge in [-0.05, 0) is 30.5 Å². The molecule has 2 rings (SSSR count). The fourth-order valence-corrected chi connectivity index (χ4v) is 2.42. The van der Waals surface area contributed by atoms with Gasteiger partial charge in [-0.2, -0.15) is 0 Å². The highest BCUT2D eigenvalue weighted by atomic mass is 16.2. The molecule has 1 aliphatic rings. The molecule has 1 aliphatic carbocycles. The molecule has 1 aromatic carbocycles. The molecule has 2 amide bonds. The predicted molar refractivity (Wildman–Crippen MR) is 82.7 cm³/mol. The minimum atomic E-state index is -0.0892. The van der Waals surface area contributed by atoms with E-state index >= 15 is 0 Å². The fourth-order valence-electron chi connectivity index (χ4n) is 2.42. The molecule has 3 N–H and O–H groups in total. The maximum Gasteiger partial charge on any atom is 0.315 e. The molecule has 4 nitrogen and oxygen atoms in total. The molecule has 1 saturated carbocycles. The number of nitrogens with one attached hydrogen (secondary N) is 2. The van der Waals surface area contributed by atoms with Gasteiger partial charge < -0.3 is 15.7 Å². The Balaban J connectivity index is 1.75. The first kappa shape index (κ1) is 15.4. The van der Waals surface area contributed by atoms with E-state index in [1.165, 1.54) is 12.8 Å². The molecule has 0 aromatic heterocycles. The number of amides is 2. The number of aliphatic hydroxyl groups excluding tert-OH is 1. The molecule has 4 heteroatoms. The first-order chi connectivity index (χ1) is 10.3. The molecule has 0 heterocycles. The van der Waals surface area contributed by atoms with Crippen molar-refractivity contribution in [1.82, 2.24) is 10.6 Å². The van der Waals surface area contributed by atoms with Gasteiger partial charge in [0.15, 0.2) is 0 Å². The molecule has 0 atom stereocenters. The summed E-state index contributed by atoms with van der Waals surface area (Å²) >= 11 is 0. The second-order valence-electron chi connectivity index (χ2n) is 5.28. The van der Waals surface area contributed by atoms with Crippen LogP contribution in [0.4, 0.5) is 4.79 Å². The van der Waals surface area contributed by atoms with Crippen molar-refractivity contribution < 1.29 is 9.90 Å². The predicted octanol–water partition coefficient (Wildman–Crippen LogP) is 2.16. The van der Waals surface area contributed by atoms with Crippen LogP contribution < -0.4 is 10.6 Å². The summed E-state index contributed by atoms with van der Waals surface area (Å²) in [5.41, 5.74) is 1.96. The number of carbonyl (C=O) groups is 1. The van der Waals surface area contributed by atoms with Gasteiger partial charge in [0.1, 0.15) is 0 Å².